The van der Waals surface area contributed by atoms with Crippen LogP contribution in [0.5, 0.6) is 0 Å². The molecule has 1 rings (SSSR count). The molecule has 0 aromatic carbocycles. The normalized spacial score (nSPS) is 28.8. The zero-order valence-electron chi connectivity index (χ0n) is 10.3. The molecule has 0 aromatic heterocycles. The molecule has 0 radical (unpaired) electrons. The summed E-state index contributed by atoms with van der Waals surface area (Å²) in [5.74, 6) is 0. The van der Waals surface area contributed by atoms with Gasteiger partial charge in [0, 0.05) is 17.3 Å². The second-order valence-corrected chi connectivity index (χ2v) is 6.67. The lowest BCUT2D eigenvalue weighted by molar-refractivity contribution is 0.119. The van der Waals surface area contributed by atoms with Gasteiger partial charge < -0.3 is 10.4 Å². The van der Waals surface area contributed by atoms with E-state index in [1.165, 1.54) is 19.3 Å². The molecule has 2 nitrogen and oxygen atoms in total. The maximum atomic E-state index is 9.95. The Balaban J connectivity index is 2.35. The molecule has 2 atom stereocenters. The van der Waals surface area contributed by atoms with E-state index < -0.39 is 0 Å². The third-order valence-electron chi connectivity index (χ3n) is 3.32. The van der Waals surface area contributed by atoms with Crippen LogP contribution in [0.1, 0.15) is 46.0 Å². The van der Waals surface area contributed by atoms with Crippen molar-refractivity contribution in [3.8, 4) is 0 Å². The van der Waals surface area contributed by atoms with E-state index in [4.69, 9.17) is 0 Å². The van der Waals surface area contributed by atoms with Gasteiger partial charge in [-0.25, -0.2) is 0 Å². The standard InChI is InChI=1S/C12H25NOS/c1-12(2,15-3)9-13-10-7-5-4-6-8-11(10)14/h10-11,13-14H,4-9H2,1-3H3. The number of aliphatic hydroxyl groups excluding tert-OH is 1. The maximum absolute atomic E-state index is 9.95. The van der Waals surface area contributed by atoms with E-state index in [2.05, 4.69) is 25.4 Å². The quantitative estimate of drug-likeness (QED) is 0.729. The van der Waals surface area contributed by atoms with E-state index >= 15 is 0 Å². The number of thioether (sulfide) groups is 1. The smallest absolute Gasteiger partial charge is 0.0693 e. The van der Waals surface area contributed by atoms with Crippen LogP contribution in [-0.2, 0) is 0 Å². The molecule has 90 valence electrons. The molecule has 1 aliphatic rings. The largest absolute Gasteiger partial charge is 0.392 e. The second-order valence-electron chi connectivity index (χ2n) is 5.16. The Kier molecular flexibility index (Phi) is 5.44. The van der Waals surface area contributed by atoms with Gasteiger partial charge in [-0.1, -0.05) is 19.3 Å². The molecule has 2 unspecified atom stereocenters. The molecular formula is C12H25NOS. The number of hydrogen-bond acceptors (Lipinski definition) is 3. The molecule has 0 amide bonds. The minimum atomic E-state index is -0.134. The van der Waals surface area contributed by atoms with E-state index in [0.29, 0.717) is 6.04 Å². The van der Waals surface area contributed by atoms with Gasteiger partial charge in [0.1, 0.15) is 0 Å². The first-order valence-electron chi connectivity index (χ1n) is 6.02. The van der Waals surface area contributed by atoms with Crippen LogP contribution < -0.4 is 5.32 Å². The molecular weight excluding hydrogens is 206 g/mol. The van der Waals surface area contributed by atoms with E-state index in [1.54, 1.807) is 0 Å². The van der Waals surface area contributed by atoms with Gasteiger partial charge in [0.2, 0.25) is 0 Å². The van der Waals surface area contributed by atoms with Crippen molar-refractivity contribution in [3.63, 3.8) is 0 Å². The van der Waals surface area contributed by atoms with Crippen molar-refractivity contribution < 1.29 is 5.11 Å². The monoisotopic (exact) mass is 231 g/mol. The predicted molar refractivity (Wildman–Crippen MR) is 68.5 cm³/mol. The average molecular weight is 231 g/mol. The summed E-state index contributed by atoms with van der Waals surface area (Å²) in [4.78, 5) is 0. The minimum absolute atomic E-state index is 0.134. The Hall–Kier alpha value is 0.270. The van der Waals surface area contributed by atoms with Crippen LogP contribution in [0.15, 0.2) is 0 Å². The van der Waals surface area contributed by atoms with Crippen LogP contribution in [-0.4, -0.2) is 34.8 Å². The zero-order chi connectivity index (χ0) is 11.3. The molecule has 1 aliphatic carbocycles. The van der Waals surface area contributed by atoms with Crippen LogP contribution in [0, 0.1) is 0 Å². The summed E-state index contributed by atoms with van der Waals surface area (Å²) in [5.41, 5.74) is 0. The summed E-state index contributed by atoms with van der Waals surface area (Å²) >= 11 is 1.88. The summed E-state index contributed by atoms with van der Waals surface area (Å²) in [6.07, 6.45) is 7.83. The van der Waals surface area contributed by atoms with Gasteiger partial charge in [0.25, 0.3) is 0 Å². The Bertz CT molecular complexity index is 184. The lowest BCUT2D eigenvalue weighted by Crippen LogP contribution is -2.44. The molecule has 1 saturated carbocycles. The number of aliphatic hydroxyl groups is 1. The van der Waals surface area contributed by atoms with Gasteiger partial charge in [-0.2, -0.15) is 11.8 Å². The number of hydrogen-bond donors (Lipinski definition) is 2. The van der Waals surface area contributed by atoms with Crippen molar-refractivity contribution in [2.24, 2.45) is 0 Å². The van der Waals surface area contributed by atoms with Crippen LogP contribution >= 0.6 is 11.8 Å². The maximum Gasteiger partial charge on any atom is 0.0693 e. The summed E-state index contributed by atoms with van der Waals surface area (Å²) in [7, 11) is 0. The van der Waals surface area contributed by atoms with Crippen molar-refractivity contribution >= 4 is 11.8 Å². The average Bonchev–Trinajstić information content (AvgIpc) is 2.40. The van der Waals surface area contributed by atoms with Crippen LogP contribution in [0.2, 0.25) is 0 Å². The van der Waals surface area contributed by atoms with Crippen LogP contribution in [0.4, 0.5) is 0 Å². The zero-order valence-corrected chi connectivity index (χ0v) is 11.1. The lowest BCUT2D eigenvalue weighted by atomic mass is 10.1. The fourth-order valence-corrected chi connectivity index (χ4v) is 2.20. The lowest BCUT2D eigenvalue weighted by Gasteiger charge is -2.28. The Morgan fingerprint density at radius 1 is 1.27 bits per heavy atom. The SMILES string of the molecule is CSC(C)(C)CNC1CCCCCC1O. The van der Waals surface area contributed by atoms with Gasteiger partial charge in [-0.05, 0) is 32.9 Å². The third kappa shape index (κ3) is 4.75. The highest BCUT2D eigenvalue weighted by Gasteiger charge is 2.24. The predicted octanol–water partition coefficient (Wildman–Crippen LogP) is 2.41. The van der Waals surface area contributed by atoms with Crippen molar-refractivity contribution in [2.45, 2.75) is 62.8 Å². The van der Waals surface area contributed by atoms with Gasteiger partial charge in [-0.3, -0.25) is 0 Å². The second kappa shape index (κ2) is 6.12. The minimum Gasteiger partial charge on any atom is -0.392 e. The fourth-order valence-electron chi connectivity index (χ4n) is 1.98. The third-order valence-corrected chi connectivity index (χ3v) is 4.57. The van der Waals surface area contributed by atoms with E-state index in [9.17, 15) is 5.11 Å². The molecule has 0 bridgehead atoms. The van der Waals surface area contributed by atoms with Gasteiger partial charge in [0.05, 0.1) is 6.10 Å². The van der Waals surface area contributed by atoms with Gasteiger partial charge >= 0.3 is 0 Å². The fraction of sp³-hybridized carbons (Fsp3) is 1.00. The number of nitrogens with one attached hydrogen (secondary N) is 1. The summed E-state index contributed by atoms with van der Waals surface area (Å²) in [6.45, 7) is 5.47. The highest BCUT2D eigenvalue weighted by atomic mass is 32.2. The van der Waals surface area contributed by atoms with Gasteiger partial charge in [0.15, 0.2) is 0 Å². The molecule has 2 N–H and O–H groups in total. The van der Waals surface area contributed by atoms with Crippen molar-refractivity contribution in [3.05, 3.63) is 0 Å². The van der Waals surface area contributed by atoms with Crippen molar-refractivity contribution in [1.82, 2.24) is 5.32 Å². The number of rotatable bonds is 4. The molecule has 0 heterocycles. The molecule has 0 saturated heterocycles. The summed E-state index contributed by atoms with van der Waals surface area (Å²) in [5, 5.41) is 13.5. The molecule has 1 fully saturated rings. The highest BCUT2D eigenvalue weighted by molar-refractivity contribution is 7.99. The summed E-state index contributed by atoms with van der Waals surface area (Å²) in [6, 6.07) is 0.318. The van der Waals surface area contributed by atoms with E-state index in [-0.39, 0.29) is 10.9 Å². The van der Waals surface area contributed by atoms with Crippen LogP contribution in [0.3, 0.4) is 0 Å². The first-order chi connectivity index (χ1) is 7.05. The van der Waals surface area contributed by atoms with Gasteiger partial charge in [-0.15, -0.1) is 0 Å². The molecule has 3 heteroatoms. The first kappa shape index (κ1) is 13.3. The highest BCUT2D eigenvalue weighted by Crippen LogP contribution is 2.22. The summed E-state index contributed by atoms with van der Waals surface area (Å²) < 4.78 is 0.270. The Morgan fingerprint density at radius 3 is 2.60 bits per heavy atom. The Labute approximate surface area is 98.2 Å². The van der Waals surface area contributed by atoms with Crippen molar-refractivity contribution in [2.75, 3.05) is 12.8 Å². The van der Waals surface area contributed by atoms with E-state index in [0.717, 1.165) is 19.4 Å². The van der Waals surface area contributed by atoms with Crippen molar-refractivity contribution in [1.29, 1.82) is 0 Å². The molecule has 15 heavy (non-hydrogen) atoms. The molecule has 0 aromatic rings. The molecule has 0 spiro atoms. The van der Waals surface area contributed by atoms with Crippen LogP contribution in [0.25, 0.3) is 0 Å². The van der Waals surface area contributed by atoms with E-state index in [1.807, 2.05) is 11.8 Å². The topological polar surface area (TPSA) is 32.3 Å². The molecule has 0 aliphatic heterocycles. The Morgan fingerprint density at radius 2 is 1.93 bits per heavy atom. The first-order valence-corrected chi connectivity index (χ1v) is 7.24.